The van der Waals surface area contributed by atoms with Crippen LogP contribution in [0.5, 0.6) is 0 Å². The van der Waals surface area contributed by atoms with E-state index < -0.39 is 0 Å². The van der Waals surface area contributed by atoms with Crippen LogP contribution in [0.15, 0.2) is 34.9 Å². The second-order valence-electron chi connectivity index (χ2n) is 4.07. The molecule has 2 rings (SSSR count). The van der Waals surface area contributed by atoms with E-state index in [1.54, 1.807) is 0 Å². The van der Waals surface area contributed by atoms with Crippen LogP contribution < -0.4 is 0 Å². The summed E-state index contributed by atoms with van der Waals surface area (Å²) >= 11 is 0. The molecule has 1 heterocycles. The third-order valence-electron chi connectivity index (χ3n) is 2.48. The minimum Gasteiger partial charge on any atom is -0.356 e. The number of hydrogen-bond acceptors (Lipinski definition) is 2. The summed E-state index contributed by atoms with van der Waals surface area (Å²) in [5, 5.41) is 3.92. The smallest absolute Gasteiger partial charge is 0.167 e. The number of aromatic nitrogens is 1. The Morgan fingerprint density at radius 1 is 1.20 bits per heavy atom. The van der Waals surface area contributed by atoms with Gasteiger partial charge in [-0.15, -0.1) is 0 Å². The van der Waals surface area contributed by atoms with Gasteiger partial charge in [0.1, 0.15) is 0 Å². The number of benzene rings is 1. The topological polar surface area (TPSA) is 26.0 Å². The normalized spacial score (nSPS) is 10.9. The van der Waals surface area contributed by atoms with Crippen LogP contribution in [0.1, 0.15) is 31.0 Å². The Morgan fingerprint density at radius 2 is 1.93 bits per heavy atom. The first-order valence-electron chi connectivity index (χ1n) is 5.21. The van der Waals surface area contributed by atoms with E-state index in [-0.39, 0.29) is 0 Å². The van der Waals surface area contributed by atoms with Crippen LogP contribution in [0.3, 0.4) is 0 Å². The van der Waals surface area contributed by atoms with Crippen molar-refractivity contribution in [3.8, 4) is 11.3 Å². The van der Waals surface area contributed by atoms with Crippen LogP contribution in [0, 0.1) is 6.92 Å². The van der Waals surface area contributed by atoms with Crippen LogP contribution in [0.25, 0.3) is 11.3 Å². The molecule has 15 heavy (non-hydrogen) atoms. The molecule has 78 valence electrons. The summed E-state index contributed by atoms with van der Waals surface area (Å²) in [4.78, 5) is 0. The summed E-state index contributed by atoms with van der Waals surface area (Å²) in [6.07, 6.45) is 0. The lowest BCUT2D eigenvalue weighted by Crippen LogP contribution is -1.90. The molecule has 0 radical (unpaired) electrons. The van der Waals surface area contributed by atoms with Crippen molar-refractivity contribution in [2.24, 2.45) is 0 Å². The largest absolute Gasteiger partial charge is 0.356 e. The molecule has 0 bridgehead atoms. The van der Waals surface area contributed by atoms with Crippen molar-refractivity contribution in [3.63, 3.8) is 0 Å². The van der Waals surface area contributed by atoms with E-state index in [9.17, 15) is 0 Å². The van der Waals surface area contributed by atoms with Crippen LogP contribution in [0.4, 0.5) is 0 Å². The molecule has 0 aliphatic rings. The zero-order valence-corrected chi connectivity index (χ0v) is 9.32. The summed E-state index contributed by atoms with van der Waals surface area (Å²) in [6.45, 7) is 6.30. The molecule has 2 heteroatoms. The van der Waals surface area contributed by atoms with Gasteiger partial charge in [0.15, 0.2) is 5.76 Å². The Hall–Kier alpha value is -1.57. The van der Waals surface area contributed by atoms with Crippen molar-refractivity contribution in [1.29, 1.82) is 0 Å². The third kappa shape index (κ3) is 1.94. The molecule has 0 saturated carbocycles. The molecule has 0 aliphatic carbocycles. The van der Waals surface area contributed by atoms with Gasteiger partial charge < -0.3 is 4.52 Å². The van der Waals surface area contributed by atoms with Crippen molar-refractivity contribution >= 4 is 0 Å². The van der Waals surface area contributed by atoms with E-state index in [2.05, 4.69) is 37.2 Å². The van der Waals surface area contributed by atoms with Gasteiger partial charge >= 0.3 is 0 Å². The first-order chi connectivity index (χ1) is 7.18. The summed E-state index contributed by atoms with van der Waals surface area (Å²) < 4.78 is 5.29. The maximum atomic E-state index is 5.29. The van der Waals surface area contributed by atoms with E-state index in [4.69, 9.17) is 4.52 Å². The molecule has 0 saturated heterocycles. The minimum absolute atomic E-state index is 0.492. The van der Waals surface area contributed by atoms with Gasteiger partial charge in [0, 0.05) is 11.6 Å². The van der Waals surface area contributed by atoms with E-state index in [1.165, 1.54) is 5.56 Å². The van der Waals surface area contributed by atoms with Gasteiger partial charge in [-0.2, -0.15) is 0 Å². The molecule has 0 spiro atoms. The molecule has 0 N–H and O–H groups in total. The Bertz CT molecular complexity index is 457. The predicted octanol–water partition coefficient (Wildman–Crippen LogP) is 3.77. The molecular formula is C13H15NO. The zero-order chi connectivity index (χ0) is 10.8. The van der Waals surface area contributed by atoms with Gasteiger partial charge in [-0.25, -0.2) is 0 Å². The van der Waals surface area contributed by atoms with Crippen LogP contribution >= 0.6 is 0 Å². The lowest BCUT2D eigenvalue weighted by molar-refractivity contribution is 0.426. The quantitative estimate of drug-likeness (QED) is 0.739. The number of aryl methyl sites for hydroxylation is 1. The summed E-state index contributed by atoms with van der Waals surface area (Å²) in [5.41, 5.74) is 3.37. The van der Waals surface area contributed by atoms with Gasteiger partial charge in [0.2, 0.25) is 0 Å². The molecule has 0 amide bonds. The fourth-order valence-corrected chi connectivity index (χ4v) is 1.72. The molecule has 0 aliphatic heterocycles. The molecule has 0 unspecified atom stereocenters. The third-order valence-corrected chi connectivity index (χ3v) is 2.48. The van der Waals surface area contributed by atoms with Crippen molar-refractivity contribution < 1.29 is 4.52 Å². The summed E-state index contributed by atoms with van der Waals surface area (Å²) in [7, 11) is 0. The molecule has 2 aromatic rings. The molecular weight excluding hydrogens is 186 g/mol. The fraction of sp³-hybridized carbons (Fsp3) is 0.308. The lowest BCUT2D eigenvalue weighted by atomic mass is 9.96. The first kappa shape index (κ1) is 9.97. The van der Waals surface area contributed by atoms with Crippen LogP contribution in [0.2, 0.25) is 0 Å². The van der Waals surface area contributed by atoms with E-state index >= 15 is 0 Å². The van der Waals surface area contributed by atoms with E-state index in [0.29, 0.717) is 5.92 Å². The Labute approximate surface area is 89.9 Å². The number of rotatable bonds is 2. The van der Waals surface area contributed by atoms with Crippen molar-refractivity contribution in [1.82, 2.24) is 5.16 Å². The van der Waals surface area contributed by atoms with Gasteiger partial charge in [0.25, 0.3) is 0 Å². The first-order valence-corrected chi connectivity index (χ1v) is 5.21. The molecule has 1 aromatic carbocycles. The van der Waals surface area contributed by atoms with E-state index in [0.717, 1.165) is 17.0 Å². The van der Waals surface area contributed by atoms with E-state index in [1.807, 2.05) is 19.1 Å². The fourth-order valence-electron chi connectivity index (χ4n) is 1.72. The minimum atomic E-state index is 0.492. The Kier molecular flexibility index (Phi) is 2.58. The number of hydrogen-bond donors (Lipinski definition) is 0. The van der Waals surface area contributed by atoms with Gasteiger partial charge in [0.05, 0.1) is 5.69 Å². The lowest BCUT2D eigenvalue weighted by Gasteiger charge is -2.09. The highest BCUT2D eigenvalue weighted by molar-refractivity contribution is 5.62. The van der Waals surface area contributed by atoms with Crippen LogP contribution in [-0.2, 0) is 0 Å². The highest BCUT2D eigenvalue weighted by Gasteiger charge is 2.11. The Balaban J connectivity index is 2.52. The molecule has 1 aromatic heterocycles. The highest BCUT2D eigenvalue weighted by atomic mass is 16.5. The maximum Gasteiger partial charge on any atom is 0.167 e. The highest BCUT2D eigenvalue weighted by Crippen LogP contribution is 2.29. The summed E-state index contributed by atoms with van der Waals surface area (Å²) in [5.74, 6) is 1.35. The van der Waals surface area contributed by atoms with Crippen LogP contribution in [-0.4, -0.2) is 5.16 Å². The second kappa shape index (κ2) is 3.89. The van der Waals surface area contributed by atoms with Crippen molar-refractivity contribution in [2.75, 3.05) is 0 Å². The average Bonchev–Trinajstić information content (AvgIpc) is 2.65. The molecule has 0 fully saturated rings. The van der Waals surface area contributed by atoms with Crippen molar-refractivity contribution in [3.05, 3.63) is 41.6 Å². The average molecular weight is 201 g/mol. The molecule has 2 nitrogen and oxygen atoms in total. The van der Waals surface area contributed by atoms with Crippen molar-refractivity contribution in [2.45, 2.75) is 26.7 Å². The monoisotopic (exact) mass is 201 g/mol. The zero-order valence-electron chi connectivity index (χ0n) is 9.32. The maximum absolute atomic E-state index is 5.29. The SMILES string of the molecule is Cc1cc(-c2ccccc2C(C)C)on1. The predicted molar refractivity (Wildman–Crippen MR) is 60.8 cm³/mol. The number of nitrogens with zero attached hydrogens (tertiary/aromatic N) is 1. The second-order valence-corrected chi connectivity index (χ2v) is 4.07. The molecule has 0 atom stereocenters. The summed E-state index contributed by atoms with van der Waals surface area (Å²) in [6, 6.07) is 10.3. The standard InChI is InChI=1S/C13H15NO/c1-9(2)11-6-4-5-7-12(11)13-8-10(3)14-15-13/h4-9H,1-3H3. The van der Waals surface area contributed by atoms with Gasteiger partial charge in [-0.3, -0.25) is 0 Å². The Morgan fingerprint density at radius 3 is 2.53 bits per heavy atom. The van der Waals surface area contributed by atoms with Gasteiger partial charge in [-0.05, 0) is 18.4 Å². The van der Waals surface area contributed by atoms with Gasteiger partial charge in [-0.1, -0.05) is 43.3 Å².